The Labute approximate surface area is 203 Å². The van der Waals surface area contributed by atoms with Crippen LogP contribution in [0.4, 0.5) is 30.7 Å². The summed E-state index contributed by atoms with van der Waals surface area (Å²) in [7, 11) is 0. The molecular weight excluding hydrogens is 523 g/mol. The average Bonchev–Trinajstić information content (AvgIpc) is 3.24. The summed E-state index contributed by atoms with van der Waals surface area (Å²) in [6, 6.07) is 3.34. The van der Waals surface area contributed by atoms with Crippen molar-refractivity contribution in [2.75, 3.05) is 6.54 Å². The van der Waals surface area contributed by atoms with Gasteiger partial charge in [-0.2, -0.15) is 26.3 Å². The van der Waals surface area contributed by atoms with E-state index in [0.717, 1.165) is 0 Å². The Balaban J connectivity index is 1.67. The normalized spacial score (nSPS) is 21.9. The zero-order valence-electron chi connectivity index (χ0n) is 18.1. The molecule has 2 aliphatic heterocycles. The van der Waals surface area contributed by atoms with Gasteiger partial charge in [-0.25, -0.2) is 4.39 Å². The van der Waals surface area contributed by atoms with E-state index in [0.29, 0.717) is 5.56 Å². The maximum Gasteiger partial charge on any atom is 0.435 e. The van der Waals surface area contributed by atoms with Crippen molar-refractivity contribution in [1.29, 1.82) is 0 Å². The van der Waals surface area contributed by atoms with E-state index < -0.39 is 58.3 Å². The molecule has 0 aromatic heterocycles. The van der Waals surface area contributed by atoms with Gasteiger partial charge in [0, 0.05) is 17.7 Å². The molecule has 2 atom stereocenters. The summed E-state index contributed by atoms with van der Waals surface area (Å²) in [5, 5.41) is 7.20. The molecule has 0 bridgehead atoms. The number of hydrogen-bond donors (Lipinski definition) is 2. The first-order valence-corrected chi connectivity index (χ1v) is 10.6. The number of hydrogen-bond acceptors (Lipinski definition) is 4. The second-order valence-electron chi connectivity index (χ2n) is 8.25. The van der Waals surface area contributed by atoms with Gasteiger partial charge in [0.2, 0.25) is 5.91 Å². The summed E-state index contributed by atoms with van der Waals surface area (Å²) in [5.74, 6) is -2.67. The molecule has 1 fully saturated rings. The maximum absolute atomic E-state index is 14.7. The summed E-state index contributed by atoms with van der Waals surface area (Å²) < 4.78 is 96.9. The topological polar surface area (TPSA) is 79.8 Å². The highest BCUT2D eigenvalue weighted by Gasteiger charge is 2.64. The molecule has 0 aliphatic carbocycles. The number of amides is 2. The predicted octanol–water partition coefficient (Wildman–Crippen LogP) is 4.62. The van der Waals surface area contributed by atoms with Gasteiger partial charge in [0.05, 0.1) is 22.7 Å². The Kier molecular flexibility index (Phi) is 6.18. The number of halogens is 8. The molecule has 2 amide bonds. The lowest BCUT2D eigenvalue weighted by Gasteiger charge is -2.30. The molecular formula is C22H15ClF7N3O3. The van der Waals surface area contributed by atoms with Crippen LogP contribution in [-0.4, -0.2) is 36.3 Å². The summed E-state index contributed by atoms with van der Waals surface area (Å²) >= 11 is 5.50. The molecule has 0 spiro atoms. The van der Waals surface area contributed by atoms with Crippen LogP contribution in [0, 0.1) is 12.7 Å². The van der Waals surface area contributed by atoms with E-state index in [1.54, 1.807) is 0 Å². The number of carbonyl (C=O) groups is 2. The number of alkyl halides is 6. The van der Waals surface area contributed by atoms with Crippen molar-refractivity contribution in [1.82, 2.24) is 10.6 Å². The van der Waals surface area contributed by atoms with E-state index in [1.807, 2.05) is 0 Å². The van der Waals surface area contributed by atoms with Crippen LogP contribution in [0.5, 0.6) is 0 Å². The van der Waals surface area contributed by atoms with Crippen LogP contribution in [0.2, 0.25) is 5.02 Å². The largest absolute Gasteiger partial charge is 0.435 e. The van der Waals surface area contributed by atoms with Crippen LogP contribution < -0.4 is 10.6 Å². The summed E-state index contributed by atoms with van der Waals surface area (Å²) in [5.41, 5.74) is -6.44. The fraction of sp³-hybridized carbons (Fsp3) is 0.318. The number of carbonyl (C=O) groups excluding carboxylic acids is 2. The summed E-state index contributed by atoms with van der Waals surface area (Å²) in [6.07, 6.45) is -11.6. The molecule has 4 rings (SSSR count). The number of β-lactam (4-membered cyclic amide) rings is 1. The van der Waals surface area contributed by atoms with Gasteiger partial charge in [0.1, 0.15) is 11.9 Å². The predicted molar refractivity (Wildman–Crippen MR) is 112 cm³/mol. The number of benzene rings is 2. The smallest absolute Gasteiger partial charge is 0.374 e. The van der Waals surface area contributed by atoms with Crippen molar-refractivity contribution in [3.63, 3.8) is 0 Å². The van der Waals surface area contributed by atoms with Crippen molar-refractivity contribution in [3.05, 3.63) is 69.0 Å². The first-order valence-electron chi connectivity index (χ1n) is 10.2. The number of oxime groups is 1. The van der Waals surface area contributed by atoms with Crippen LogP contribution in [0.25, 0.3) is 0 Å². The number of aryl methyl sites for hydroxylation is 1. The Bertz CT molecular complexity index is 1290. The molecule has 2 aromatic rings. The zero-order valence-corrected chi connectivity index (χ0v) is 18.8. The van der Waals surface area contributed by atoms with Gasteiger partial charge in [-0.1, -0.05) is 22.8 Å². The molecule has 0 unspecified atom stereocenters. The minimum absolute atomic E-state index is 0.00243. The lowest BCUT2D eigenvalue weighted by atomic mass is 9.85. The van der Waals surface area contributed by atoms with E-state index in [-0.39, 0.29) is 41.4 Å². The fourth-order valence-electron chi connectivity index (χ4n) is 3.82. The van der Waals surface area contributed by atoms with Crippen molar-refractivity contribution < 1.29 is 45.2 Å². The first kappa shape index (κ1) is 25.7. The molecule has 2 heterocycles. The monoisotopic (exact) mass is 537 g/mol. The fourth-order valence-corrected chi connectivity index (χ4v) is 4.04. The van der Waals surface area contributed by atoms with Gasteiger partial charge in [-0.15, -0.1) is 0 Å². The molecule has 0 saturated carbocycles. The molecule has 36 heavy (non-hydrogen) atoms. The molecule has 1 saturated heterocycles. The highest BCUT2D eigenvalue weighted by atomic mass is 35.5. The Morgan fingerprint density at radius 2 is 1.89 bits per heavy atom. The van der Waals surface area contributed by atoms with E-state index in [2.05, 4.69) is 20.6 Å². The van der Waals surface area contributed by atoms with Crippen LogP contribution in [0.1, 0.15) is 39.0 Å². The van der Waals surface area contributed by atoms with E-state index >= 15 is 0 Å². The Hall–Kier alpha value is -3.35. The summed E-state index contributed by atoms with van der Waals surface area (Å²) in [4.78, 5) is 28.4. The van der Waals surface area contributed by atoms with Crippen molar-refractivity contribution >= 4 is 29.1 Å². The highest BCUT2D eigenvalue weighted by molar-refractivity contribution is 6.30. The number of rotatable bonds is 4. The van der Waals surface area contributed by atoms with E-state index in [1.165, 1.54) is 25.1 Å². The van der Waals surface area contributed by atoms with Crippen molar-refractivity contribution in [2.45, 2.75) is 37.3 Å². The molecule has 2 aromatic carbocycles. The minimum atomic E-state index is -5.38. The standard InChI is InChI=1S/C22H15ClF7N3O3/c1-9-4-10(2-3-12(9)18(34)32-16-8-31-19(16)35)15-7-20(36-33-15,22(28,29)30)13-5-11(21(25,26)27)6-14(23)17(13)24/h2-6,16H,7-8H2,1H3,(H,31,35)(H,32,34)/t16-,20+/m0/s1. The van der Waals surface area contributed by atoms with Gasteiger partial charge >= 0.3 is 12.4 Å². The van der Waals surface area contributed by atoms with Crippen LogP contribution >= 0.6 is 11.6 Å². The molecule has 0 radical (unpaired) electrons. The maximum atomic E-state index is 14.7. The quantitative estimate of drug-likeness (QED) is 0.441. The zero-order chi connectivity index (χ0) is 26.6. The highest BCUT2D eigenvalue weighted by Crippen LogP contribution is 2.51. The van der Waals surface area contributed by atoms with Crippen LogP contribution in [0.3, 0.4) is 0 Å². The molecule has 14 heteroatoms. The van der Waals surface area contributed by atoms with E-state index in [9.17, 15) is 40.3 Å². The van der Waals surface area contributed by atoms with Crippen LogP contribution in [0.15, 0.2) is 35.5 Å². The average molecular weight is 538 g/mol. The van der Waals surface area contributed by atoms with E-state index in [4.69, 9.17) is 11.6 Å². The Morgan fingerprint density at radius 3 is 2.42 bits per heavy atom. The van der Waals surface area contributed by atoms with Gasteiger partial charge < -0.3 is 15.5 Å². The third-order valence-electron chi connectivity index (χ3n) is 5.88. The summed E-state index contributed by atoms with van der Waals surface area (Å²) in [6.45, 7) is 1.74. The molecule has 6 nitrogen and oxygen atoms in total. The SMILES string of the molecule is Cc1cc(C2=NO[C@](c3cc(C(F)(F)F)cc(Cl)c3F)(C(F)(F)F)C2)ccc1C(=O)N[C@H]1CNC1=O. The number of nitrogens with zero attached hydrogens (tertiary/aromatic N) is 1. The lowest BCUT2D eigenvalue weighted by Crippen LogP contribution is -2.61. The minimum Gasteiger partial charge on any atom is -0.374 e. The van der Waals surface area contributed by atoms with Gasteiger partial charge in [0.25, 0.3) is 11.5 Å². The lowest BCUT2D eigenvalue weighted by molar-refractivity contribution is -0.276. The van der Waals surface area contributed by atoms with Crippen molar-refractivity contribution in [2.24, 2.45) is 5.16 Å². The second-order valence-corrected chi connectivity index (χ2v) is 8.66. The Morgan fingerprint density at radius 1 is 1.19 bits per heavy atom. The molecule has 2 N–H and O–H groups in total. The molecule has 192 valence electrons. The van der Waals surface area contributed by atoms with Gasteiger partial charge in [0.15, 0.2) is 0 Å². The molecule has 2 aliphatic rings. The third-order valence-corrected chi connectivity index (χ3v) is 6.16. The third kappa shape index (κ3) is 4.36. The van der Waals surface area contributed by atoms with Crippen molar-refractivity contribution in [3.8, 4) is 0 Å². The second kappa shape index (κ2) is 8.64. The van der Waals surface area contributed by atoms with Gasteiger partial charge in [-0.05, 0) is 42.3 Å². The van der Waals surface area contributed by atoms with Crippen LogP contribution in [-0.2, 0) is 21.4 Å². The first-order chi connectivity index (χ1) is 16.6. The van der Waals surface area contributed by atoms with Gasteiger partial charge in [-0.3, -0.25) is 9.59 Å². The number of nitrogens with one attached hydrogen (secondary N) is 2.